The lowest BCUT2D eigenvalue weighted by molar-refractivity contribution is 0.0652. The van der Waals surface area contributed by atoms with Crippen molar-refractivity contribution in [2.45, 2.75) is 19.8 Å². The minimum atomic E-state index is -0.397. The van der Waals surface area contributed by atoms with Crippen LogP contribution in [-0.4, -0.2) is 39.4 Å². The van der Waals surface area contributed by atoms with Gasteiger partial charge in [-0.1, -0.05) is 41.7 Å². The summed E-state index contributed by atoms with van der Waals surface area (Å²) in [6.07, 6.45) is 1.46. The average molecular weight is 406 g/mol. The van der Waals surface area contributed by atoms with Gasteiger partial charge in [0.2, 0.25) is 5.13 Å². The van der Waals surface area contributed by atoms with E-state index in [0.717, 1.165) is 17.0 Å². The largest absolute Gasteiger partial charge is 0.296 e. The van der Waals surface area contributed by atoms with Crippen LogP contribution in [0, 0.1) is 6.92 Å². The number of nitrogens with zero attached hydrogens (tertiary/aromatic N) is 3. The first-order valence-corrected chi connectivity index (χ1v) is 10.0. The Bertz CT molecular complexity index is 1090. The predicted molar refractivity (Wildman–Crippen MR) is 109 cm³/mol. The van der Waals surface area contributed by atoms with Crippen molar-refractivity contribution in [1.82, 2.24) is 15.1 Å². The van der Waals surface area contributed by atoms with Gasteiger partial charge in [0.05, 0.1) is 11.1 Å². The van der Waals surface area contributed by atoms with Crippen LogP contribution in [0.3, 0.4) is 0 Å². The molecule has 29 heavy (non-hydrogen) atoms. The molecule has 0 unspecified atom stereocenters. The van der Waals surface area contributed by atoms with Crippen molar-refractivity contribution in [3.8, 4) is 0 Å². The first-order chi connectivity index (χ1) is 14.0. The summed E-state index contributed by atoms with van der Waals surface area (Å²) in [5.41, 5.74) is 2.05. The van der Waals surface area contributed by atoms with E-state index in [1.807, 2.05) is 30.3 Å². The molecule has 3 aromatic rings. The molecule has 0 fully saturated rings. The summed E-state index contributed by atoms with van der Waals surface area (Å²) in [5, 5.41) is 11.5. The molecule has 3 amide bonds. The van der Waals surface area contributed by atoms with E-state index in [9.17, 15) is 14.4 Å². The number of nitrogens with one attached hydrogen (secondary N) is 1. The molecule has 2 heterocycles. The second-order valence-electron chi connectivity index (χ2n) is 6.69. The quantitative estimate of drug-likeness (QED) is 0.634. The van der Waals surface area contributed by atoms with E-state index in [-0.39, 0.29) is 17.4 Å². The first kappa shape index (κ1) is 18.9. The van der Waals surface area contributed by atoms with Gasteiger partial charge in [-0.3, -0.25) is 24.6 Å². The Kier molecular flexibility index (Phi) is 5.18. The Morgan fingerprint density at radius 3 is 2.52 bits per heavy atom. The number of rotatable bonds is 6. The van der Waals surface area contributed by atoms with Gasteiger partial charge in [-0.05, 0) is 43.5 Å². The first-order valence-electron chi connectivity index (χ1n) is 9.18. The summed E-state index contributed by atoms with van der Waals surface area (Å²) >= 11 is 1.26. The lowest BCUT2D eigenvalue weighted by Gasteiger charge is -2.13. The van der Waals surface area contributed by atoms with Crippen LogP contribution in [-0.2, 0) is 6.42 Å². The van der Waals surface area contributed by atoms with Gasteiger partial charge in [0, 0.05) is 12.1 Å². The van der Waals surface area contributed by atoms with Gasteiger partial charge < -0.3 is 0 Å². The highest BCUT2D eigenvalue weighted by Crippen LogP contribution is 2.25. The number of imide groups is 1. The van der Waals surface area contributed by atoms with Gasteiger partial charge >= 0.3 is 0 Å². The highest BCUT2D eigenvalue weighted by molar-refractivity contribution is 7.15. The fourth-order valence-electron chi connectivity index (χ4n) is 3.24. The zero-order valence-corrected chi connectivity index (χ0v) is 16.5. The Labute approximate surface area is 171 Å². The van der Waals surface area contributed by atoms with Crippen LogP contribution in [0.25, 0.3) is 0 Å². The monoisotopic (exact) mass is 406 g/mol. The number of carbonyl (C=O) groups is 3. The normalized spacial score (nSPS) is 12.9. The topological polar surface area (TPSA) is 92.3 Å². The summed E-state index contributed by atoms with van der Waals surface area (Å²) < 4.78 is 0. The molecule has 0 saturated carbocycles. The maximum absolute atomic E-state index is 12.7. The third-order valence-electron chi connectivity index (χ3n) is 4.67. The molecule has 4 rings (SSSR count). The number of aromatic nitrogens is 2. The van der Waals surface area contributed by atoms with Crippen LogP contribution in [0.15, 0.2) is 48.5 Å². The summed E-state index contributed by atoms with van der Waals surface area (Å²) in [6.45, 7) is 2.13. The molecule has 0 saturated heterocycles. The molecule has 1 aromatic heterocycles. The smallest absolute Gasteiger partial charge is 0.261 e. The minimum absolute atomic E-state index is 0.260. The Balaban J connectivity index is 1.45. The highest BCUT2D eigenvalue weighted by atomic mass is 32.1. The van der Waals surface area contributed by atoms with Crippen molar-refractivity contribution < 1.29 is 14.4 Å². The molecule has 1 aliphatic heterocycles. The van der Waals surface area contributed by atoms with E-state index >= 15 is 0 Å². The summed E-state index contributed by atoms with van der Waals surface area (Å²) in [5.74, 6) is -1.07. The van der Waals surface area contributed by atoms with E-state index < -0.39 is 5.91 Å². The summed E-state index contributed by atoms with van der Waals surface area (Å²) in [4.78, 5) is 39.0. The Morgan fingerprint density at radius 2 is 1.79 bits per heavy atom. The molecule has 7 nitrogen and oxygen atoms in total. The lowest BCUT2D eigenvalue weighted by Crippen LogP contribution is -2.31. The molecule has 146 valence electrons. The van der Waals surface area contributed by atoms with E-state index in [2.05, 4.69) is 15.5 Å². The number of hydrogen-bond donors (Lipinski definition) is 1. The standard InChI is InChI=1S/C21H18N4O3S/c1-13-23-24-21(29-13)22-18(26)15-9-10-16-17(12-15)20(28)25(19(16)27)11-5-8-14-6-3-2-4-7-14/h2-4,6-7,9-10,12H,5,8,11H2,1H3,(H,22,24,26). The number of hydrogen-bond acceptors (Lipinski definition) is 6. The van der Waals surface area contributed by atoms with Crippen LogP contribution in [0.1, 0.15) is 48.1 Å². The second kappa shape index (κ2) is 7.92. The molecular formula is C21H18N4O3S. The fourth-order valence-corrected chi connectivity index (χ4v) is 3.82. The van der Waals surface area contributed by atoms with Gasteiger partial charge in [-0.2, -0.15) is 0 Å². The molecule has 0 spiro atoms. The Morgan fingerprint density at radius 1 is 1.03 bits per heavy atom. The van der Waals surface area contributed by atoms with Crippen molar-refractivity contribution in [3.05, 3.63) is 75.8 Å². The predicted octanol–water partition coefficient (Wildman–Crippen LogP) is 3.33. The van der Waals surface area contributed by atoms with Gasteiger partial charge in [0.15, 0.2) is 0 Å². The van der Waals surface area contributed by atoms with Gasteiger partial charge in [0.25, 0.3) is 17.7 Å². The van der Waals surface area contributed by atoms with Gasteiger partial charge in [-0.15, -0.1) is 10.2 Å². The molecule has 0 atom stereocenters. The van der Waals surface area contributed by atoms with Gasteiger partial charge in [-0.25, -0.2) is 0 Å². The molecule has 1 aliphatic rings. The second-order valence-corrected chi connectivity index (χ2v) is 7.87. The van der Waals surface area contributed by atoms with Crippen LogP contribution in [0.4, 0.5) is 5.13 Å². The zero-order valence-electron chi connectivity index (χ0n) is 15.7. The van der Waals surface area contributed by atoms with E-state index in [1.54, 1.807) is 13.0 Å². The van der Waals surface area contributed by atoms with Crippen LogP contribution in [0.5, 0.6) is 0 Å². The highest BCUT2D eigenvalue weighted by Gasteiger charge is 2.35. The summed E-state index contributed by atoms with van der Waals surface area (Å²) in [6, 6.07) is 14.5. The maximum Gasteiger partial charge on any atom is 0.261 e. The molecule has 8 heteroatoms. The fraction of sp³-hybridized carbons (Fsp3) is 0.190. The van der Waals surface area contributed by atoms with Crippen molar-refractivity contribution in [3.63, 3.8) is 0 Å². The van der Waals surface area contributed by atoms with E-state index in [1.165, 1.54) is 28.4 Å². The molecule has 0 aliphatic carbocycles. The zero-order chi connectivity index (χ0) is 20.4. The van der Waals surface area contributed by atoms with E-state index in [4.69, 9.17) is 0 Å². The Hall–Kier alpha value is -3.39. The number of fused-ring (bicyclic) bond motifs is 1. The average Bonchev–Trinajstić information content (AvgIpc) is 3.24. The minimum Gasteiger partial charge on any atom is -0.296 e. The third-order valence-corrected chi connectivity index (χ3v) is 5.42. The number of benzene rings is 2. The van der Waals surface area contributed by atoms with Crippen LogP contribution < -0.4 is 5.32 Å². The van der Waals surface area contributed by atoms with E-state index in [0.29, 0.717) is 29.2 Å². The molecule has 0 radical (unpaired) electrons. The van der Waals surface area contributed by atoms with Crippen molar-refractivity contribution in [2.24, 2.45) is 0 Å². The number of anilines is 1. The van der Waals surface area contributed by atoms with Crippen molar-refractivity contribution >= 4 is 34.2 Å². The number of aryl methyl sites for hydroxylation is 2. The van der Waals surface area contributed by atoms with Crippen LogP contribution in [0.2, 0.25) is 0 Å². The SMILES string of the molecule is Cc1nnc(NC(=O)c2ccc3c(c2)C(=O)N(CCCc2ccccc2)C3=O)s1. The summed E-state index contributed by atoms with van der Waals surface area (Å²) in [7, 11) is 0. The lowest BCUT2D eigenvalue weighted by atomic mass is 10.1. The maximum atomic E-state index is 12.7. The van der Waals surface area contributed by atoms with Crippen LogP contribution >= 0.6 is 11.3 Å². The molecule has 2 aromatic carbocycles. The van der Waals surface area contributed by atoms with Crippen molar-refractivity contribution in [2.75, 3.05) is 11.9 Å². The molecule has 1 N–H and O–H groups in total. The van der Waals surface area contributed by atoms with Crippen molar-refractivity contribution in [1.29, 1.82) is 0 Å². The molecular weight excluding hydrogens is 388 g/mol. The molecule has 0 bridgehead atoms. The number of carbonyl (C=O) groups excluding carboxylic acids is 3. The van der Waals surface area contributed by atoms with Gasteiger partial charge in [0.1, 0.15) is 5.01 Å². The third kappa shape index (κ3) is 3.93. The number of amides is 3.